The molecule has 0 unspecified atom stereocenters. The van der Waals surface area contributed by atoms with Gasteiger partial charge >= 0.3 is 0 Å². The van der Waals surface area contributed by atoms with Crippen LogP contribution in [0.25, 0.3) is 0 Å². The maximum atomic E-state index is 11.6. The summed E-state index contributed by atoms with van der Waals surface area (Å²) >= 11 is 0. The van der Waals surface area contributed by atoms with E-state index in [1.54, 1.807) is 4.31 Å². The Hall–Kier alpha value is -0.920. The molecule has 0 saturated carbocycles. The quantitative estimate of drug-likeness (QED) is 0.846. The third kappa shape index (κ3) is 3.59. The Morgan fingerprint density at radius 1 is 1.55 bits per heavy atom. The highest BCUT2D eigenvalue weighted by Crippen LogP contribution is 2.22. The van der Waals surface area contributed by atoms with Crippen molar-refractivity contribution in [2.24, 2.45) is 5.92 Å². The summed E-state index contributed by atoms with van der Waals surface area (Å²) in [7, 11) is -3.07. The number of sulfonamides is 1. The van der Waals surface area contributed by atoms with E-state index in [2.05, 4.69) is 22.4 Å². The van der Waals surface area contributed by atoms with Crippen molar-refractivity contribution in [3.63, 3.8) is 0 Å². The zero-order valence-corrected chi connectivity index (χ0v) is 13.2. The van der Waals surface area contributed by atoms with Gasteiger partial charge < -0.3 is 5.32 Å². The fraction of sp³-hybridized carbons (Fsp3) is 0.769. The summed E-state index contributed by atoms with van der Waals surface area (Å²) in [6.07, 6.45) is 4.98. The molecule has 6 nitrogen and oxygen atoms in total. The van der Waals surface area contributed by atoms with Gasteiger partial charge in [-0.1, -0.05) is 13.3 Å². The number of piperidine rings is 1. The Bertz CT molecular complexity index is 540. The molecule has 1 aromatic heterocycles. The summed E-state index contributed by atoms with van der Waals surface area (Å²) in [6, 6.07) is 0.368. The number of H-pyrrole nitrogens is 1. The lowest BCUT2D eigenvalue weighted by Crippen LogP contribution is -2.50. The van der Waals surface area contributed by atoms with Gasteiger partial charge in [0.2, 0.25) is 10.0 Å². The first-order chi connectivity index (χ1) is 9.41. The van der Waals surface area contributed by atoms with Crippen molar-refractivity contribution in [3.8, 4) is 0 Å². The van der Waals surface area contributed by atoms with Crippen molar-refractivity contribution in [2.45, 2.75) is 39.3 Å². The number of hydrogen-bond donors (Lipinski definition) is 2. The van der Waals surface area contributed by atoms with E-state index in [-0.39, 0.29) is 0 Å². The Kier molecular flexibility index (Phi) is 4.82. The molecular weight excluding hydrogens is 276 g/mol. The van der Waals surface area contributed by atoms with Crippen molar-refractivity contribution >= 4 is 10.0 Å². The first-order valence-corrected chi connectivity index (χ1v) is 8.94. The van der Waals surface area contributed by atoms with Gasteiger partial charge in [0, 0.05) is 36.9 Å². The van der Waals surface area contributed by atoms with E-state index < -0.39 is 10.0 Å². The number of nitrogens with one attached hydrogen (secondary N) is 2. The van der Waals surface area contributed by atoms with Gasteiger partial charge in [-0.2, -0.15) is 5.10 Å². The highest BCUT2D eigenvalue weighted by atomic mass is 32.2. The standard InChI is InChI=1S/C13H24N4O2S/c1-4-11-9-17(20(3,18)19)6-5-13(11)14-7-12-8-15-16-10(12)2/h8,11,13-14H,4-7,9H2,1-3H3,(H,15,16)/t11-,13+/m1/s1. The van der Waals surface area contributed by atoms with Crippen LogP contribution in [0.2, 0.25) is 0 Å². The molecule has 1 aliphatic heterocycles. The topological polar surface area (TPSA) is 78.1 Å². The van der Waals surface area contributed by atoms with Crippen LogP contribution in [0.4, 0.5) is 0 Å². The number of hydrogen-bond acceptors (Lipinski definition) is 4. The van der Waals surface area contributed by atoms with E-state index >= 15 is 0 Å². The van der Waals surface area contributed by atoms with Gasteiger partial charge in [0.15, 0.2) is 0 Å². The maximum Gasteiger partial charge on any atom is 0.211 e. The summed E-state index contributed by atoms with van der Waals surface area (Å²) in [4.78, 5) is 0. The van der Waals surface area contributed by atoms with Crippen LogP contribution in [-0.4, -0.2) is 48.3 Å². The smallest absolute Gasteiger partial charge is 0.211 e. The SMILES string of the molecule is CC[C@@H]1CN(S(C)(=O)=O)CC[C@@H]1NCc1cn[nH]c1C. The molecule has 1 saturated heterocycles. The predicted molar refractivity (Wildman–Crippen MR) is 78.8 cm³/mol. The average molecular weight is 300 g/mol. The van der Waals surface area contributed by atoms with Gasteiger partial charge in [0.25, 0.3) is 0 Å². The lowest BCUT2D eigenvalue weighted by molar-refractivity contribution is 0.201. The fourth-order valence-corrected chi connectivity index (χ4v) is 3.68. The Morgan fingerprint density at radius 2 is 2.30 bits per heavy atom. The molecule has 2 atom stereocenters. The molecule has 0 aromatic carbocycles. The second-order valence-electron chi connectivity index (χ2n) is 5.59. The molecule has 20 heavy (non-hydrogen) atoms. The normalized spacial score (nSPS) is 24.9. The fourth-order valence-electron chi connectivity index (χ4n) is 2.78. The molecule has 0 aliphatic carbocycles. The van der Waals surface area contributed by atoms with E-state index in [0.717, 1.165) is 25.1 Å². The number of aromatic nitrogens is 2. The van der Waals surface area contributed by atoms with E-state index in [9.17, 15) is 8.42 Å². The molecule has 0 bridgehead atoms. The summed E-state index contributed by atoms with van der Waals surface area (Å²) in [5.74, 6) is 0.366. The van der Waals surface area contributed by atoms with Crippen molar-refractivity contribution in [1.82, 2.24) is 19.8 Å². The number of aromatic amines is 1. The lowest BCUT2D eigenvalue weighted by atomic mass is 9.91. The molecular formula is C13H24N4O2S. The van der Waals surface area contributed by atoms with E-state index in [0.29, 0.717) is 25.0 Å². The highest BCUT2D eigenvalue weighted by Gasteiger charge is 2.31. The molecule has 2 N–H and O–H groups in total. The minimum absolute atomic E-state index is 0.366. The van der Waals surface area contributed by atoms with Crippen molar-refractivity contribution in [3.05, 3.63) is 17.5 Å². The minimum Gasteiger partial charge on any atom is -0.309 e. The Morgan fingerprint density at radius 3 is 2.85 bits per heavy atom. The van der Waals surface area contributed by atoms with Crippen LogP contribution in [0.1, 0.15) is 31.0 Å². The Balaban J connectivity index is 1.94. The number of aryl methyl sites for hydroxylation is 1. The molecule has 1 aromatic rings. The van der Waals surface area contributed by atoms with Crippen molar-refractivity contribution in [2.75, 3.05) is 19.3 Å². The minimum atomic E-state index is -3.07. The van der Waals surface area contributed by atoms with E-state index in [1.807, 2.05) is 13.1 Å². The summed E-state index contributed by atoms with van der Waals surface area (Å²) in [6.45, 7) is 6.14. The predicted octanol–water partition coefficient (Wildman–Crippen LogP) is 0.868. The molecule has 2 heterocycles. The molecule has 0 amide bonds. The van der Waals surface area contributed by atoms with Gasteiger partial charge in [-0.3, -0.25) is 5.10 Å². The average Bonchev–Trinajstić information content (AvgIpc) is 2.80. The van der Waals surface area contributed by atoms with Crippen LogP contribution in [0.3, 0.4) is 0 Å². The van der Waals surface area contributed by atoms with Crippen LogP contribution >= 0.6 is 0 Å². The lowest BCUT2D eigenvalue weighted by Gasteiger charge is -2.37. The second-order valence-corrected chi connectivity index (χ2v) is 7.57. The second kappa shape index (κ2) is 6.24. The van der Waals surface area contributed by atoms with Crippen LogP contribution in [0.15, 0.2) is 6.20 Å². The van der Waals surface area contributed by atoms with Gasteiger partial charge in [0.05, 0.1) is 12.5 Å². The van der Waals surface area contributed by atoms with Crippen LogP contribution in [0.5, 0.6) is 0 Å². The molecule has 114 valence electrons. The summed E-state index contributed by atoms with van der Waals surface area (Å²) in [5, 5.41) is 10.5. The maximum absolute atomic E-state index is 11.6. The van der Waals surface area contributed by atoms with E-state index in [1.165, 1.54) is 11.8 Å². The van der Waals surface area contributed by atoms with Gasteiger partial charge in [0.1, 0.15) is 0 Å². The third-order valence-electron chi connectivity index (χ3n) is 4.18. The number of rotatable bonds is 5. The summed E-state index contributed by atoms with van der Waals surface area (Å²) < 4.78 is 24.9. The first kappa shape index (κ1) is 15.5. The van der Waals surface area contributed by atoms with Crippen LogP contribution in [-0.2, 0) is 16.6 Å². The number of nitrogens with zero attached hydrogens (tertiary/aromatic N) is 2. The van der Waals surface area contributed by atoms with Gasteiger partial charge in [-0.05, 0) is 19.3 Å². The largest absolute Gasteiger partial charge is 0.309 e. The van der Waals surface area contributed by atoms with Crippen LogP contribution in [0, 0.1) is 12.8 Å². The highest BCUT2D eigenvalue weighted by molar-refractivity contribution is 7.88. The van der Waals surface area contributed by atoms with Crippen LogP contribution < -0.4 is 5.32 Å². The monoisotopic (exact) mass is 300 g/mol. The molecule has 2 rings (SSSR count). The zero-order valence-electron chi connectivity index (χ0n) is 12.4. The molecule has 0 radical (unpaired) electrons. The van der Waals surface area contributed by atoms with Crippen molar-refractivity contribution in [1.29, 1.82) is 0 Å². The van der Waals surface area contributed by atoms with Gasteiger partial charge in [-0.25, -0.2) is 12.7 Å². The molecule has 1 fully saturated rings. The molecule has 7 heteroatoms. The Labute approximate surface area is 121 Å². The van der Waals surface area contributed by atoms with Crippen molar-refractivity contribution < 1.29 is 8.42 Å². The third-order valence-corrected chi connectivity index (χ3v) is 5.45. The summed E-state index contributed by atoms with van der Waals surface area (Å²) in [5.41, 5.74) is 2.25. The van der Waals surface area contributed by atoms with Gasteiger partial charge in [-0.15, -0.1) is 0 Å². The zero-order chi connectivity index (χ0) is 14.8. The first-order valence-electron chi connectivity index (χ1n) is 7.09. The van der Waals surface area contributed by atoms with E-state index in [4.69, 9.17) is 0 Å². The molecule has 0 spiro atoms. The molecule has 1 aliphatic rings.